The maximum Gasteiger partial charge on any atom is 0.490 e. The lowest BCUT2D eigenvalue weighted by Gasteiger charge is -2.31. The summed E-state index contributed by atoms with van der Waals surface area (Å²) in [6, 6.07) is 7.97. The first-order chi connectivity index (χ1) is 20.7. The number of halogens is 9. The molecule has 2 aromatic rings. The van der Waals surface area contributed by atoms with Crippen LogP contribution in [0.2, 0.25) is 0 Å². The van der Waals surface area contributed by atoms with E-state index < -0.39 is 36.4 Å². The van der Waals surface area contributed by atoms with Crippen molar-refractivity contribution in [1.29, 1.82) is 0 Å². The van der Waals surface area contributed by atoms with Gasteiger partial charge >= 0.3 is 36.4 Å². The lowest BCUT2D eigenvalue weighted by Crippen LogP contribution is -2.40. The van der Waals surface area contributed by atoms with Gasteiger partial charge in [-0.3, -0.25) is 9.88 Å². The number of rotatable bonds is 3. The molecular weight excluding hydrogens is 641 g/mol. The zero-order chi connectivity index (χ0) is 34.5. The standard InChI is InChI=1S/C18H23N5O.3C2HF3O2/c1-2-6-19-16(4-1)12-22-10-11-24-15-18(13-22)5-9-23(14-18)17-20-7-3-8-21-17;3*3-2(4,5)1(6)7/h1-4,6-8H,5,9-15H2;3*(H,6,7). The fourth-order valence-corrected chi connectivity index (χ4v) is 3.74. The Morgan fingerprint density at radius 3 is 1.69 bits per heavy atom. The number of carboxylic acid groups (broad SMARTS) is 3. The molecule has 3 N–H and O–H groups in total. The molecule has 4 heterocycles. The molecule has 0 saturated carbocycles. The molecule has 1 unspecified atom stereocenters. The van der Waals surface area contributed by atoms with Crippen molar-refractivity contribution in [3.05, 3.63) is 48.5 Å². The average molecular weight is 667 g/mol. The van der Waals surface area contributed by atoms with Crippen LogP contribution in [0.4, 0.5) is 45.5 Å². The van der Waals surface area contributed by atoms with Gasteiger partial charge in [0, 0.05) is 56.7 Å². The zero-order valence-corrected chi connectivity index (χ0v) is 22.8. The number of ether oxygens (including phenoxy) is 1. The molecule has 1 spiro atoms. The summed E-state index contributed by atoms with van der Waals surface area (Å²) in [5.41, 5.74) is 1.28. The van der Waals surface area contributed by atoms with E-state index in [1.54, 1.807) is 0 Å². The van der Waals surface area contributed by atoms with Gasteiger partial charge < -0.3 is 25.0 Å². The molecule has 45 heavy (non-hydrogen) atoms. The Labute approximate surface area is 248 Å². The smallest absolute Gasteiger partial charge is 0.475 e. The van der Waals surface area contributed by atoms with Crippen LogP contribution >= 0.6 is 0 Å². The van der Waals surface area contributed by atoms with Gasteiger partial charge in [-0.05, 0) is 24.6 Å². The number of alkyl halides is 9. The van der Waals surface area contributed by atoms with Gasteiger partial charge in [0.05, 0.1) is 18.9 Å². The van der Waals surface area contributed by atoms with Gasteiger partial charge in [0.25, 0.3) is 0 Å². The molecule has 1 atom stereocenters. The second-order valence-corrected chi connectivity index (χ2v) is 9.21. The topological polar surface area (TPSA) is 166 Å². The lowest BCUT2D eigenvalue weighted by molar-refractivity contribution is -0.193. The minimum atomic E-state index is -5.08. The summed E-state index contributed by atoms with van der Waals surface area (Å²) < 4.78 is 101. The highest BCUT2D eigenvalue weighted by Crippen LogP contribution is 2.35. The molecule has 12 nitrogen and oxygen atoms in total. The molecule has 21 heteroatoms. The largest absolute Gasteiger partial charge is 0.490 e. The number of nitrogens with zero attached hydrogens (tertiary/aromatic N) is 5. The second kappa shape index (κ2) is 16.7. The molecule has 2 aliphatic heterocycles. The van der Waals surface area contributed by atoms with E-state index in [9.17, 15) is 39.5 Å². The first kappa shape index (κ1) is 38.8. The first-order valence-electron chi connectivity index (χ1n) is 12.3. The molecule has 0 aliphatic carbocycles. The molecule has 2 saturated heterocycles. The monoisotopic (exact) mass is 667 g/mol. The van der Waals surface area contributed by atoms with Crippen molar-refractivity contribution < 1.29 is 74.0 Å². The molecule has 0 bridgehead atoms. The predicted octanol–water partition coefficient (Wildman–Crippen LogP) is 3.50. The van der Waals surface area contributed by atoms with Gasteiger partial charge in [-0.2, -0.15) is 39.5 Å². The van der Waals surface area contributed by atoms with Crippen molar-refractivity contribution in [3.63, 3.8) is 0 Å². The van der Waals surface area contributed by atoms with E-state index in [0.29, 0.717) is 0 Å². The Balaban J connectivity index is 0.000000396. The molecule has 0 aromatic carbocycles. The first-order valence-corrected chi connectivity index (χ1v) is 12.3. The van der Waals surface area contributed by atoms with Gasteiger partial charge in [-0.15, -0.1) is 0 Å². The summed E-state index contributed by atoms with van der Waals surface area (Å²) in [6.07, 6.45) is -8.65. The zero-order valence-electron chi connectivity index (χ0n) is 22.8. The third-order valence-corrected chi connectivity index (χ3v) is 5.63. The number of carboxylic acids is 3. The molecule has 4 rings (SSSR count). The van der Waals surface area contributed by atoms with E-state index in [0.717, 1.165) is 64.0 Å². The summed E-state index contributed by atoms with van der Waals surface area (Å²) in [7, 11) is 0. The van der Waals surface area contributed by atoms with Gasteiger partial charge in [0.15, 0.2) is 0 Å². The minimum absolute atomic E-state index is 0.157. The number of carbonyl (C=O) groups is 3. The average Bonchev–Trinajstić information content (AvgIpc) is 3.25. The van der Waals surface area contributed by atoms with Crippen molar-refractivity contribution >= 4 is 23.9 Å². The number of hydrogen-bond donors (Lipinski definition) is 3. The summed E-state index contributed by atoms with van der Waals surface area (Å²) in [6.45, 7) is 6.42. The summed E-state index contributed by atoms with van der Waals surface area (Å²) in [4.78, 5) is 44.7. The fourth-order valence-electron chi connectivity index (χ4n) is 3.74. The number of aromatic nitrogens is 3. The highest BCUT2D eigenvalue weighted by molar-refractivity contribution is 5.73. The van der Waals surface area contributed by atoms with Crippen LogP contribution in [-0.2, 0) is 25.7 Å². The molecule has 2 aliphatic rings. The van der Waals surface area contributed by atoms with Crippen molar-refractivity contribution in [2.24, 2.45) is 5.41 Å². The van der Waals surface area contributed by atoms with E-state index >= 15 is 0 Å². The molecule has 0 radical (unpaired) electrons. The van der Waals surface area contributed by atoms with E-state index in [-0.39, 0.29) is 5.41 Å². The highest BCUT2D eigenvalue weighted by atomic mass is 19.4. The summed E-state index contributed by atoms with van der Waals surface area (Å²) >= 11 is 0. The third kappa shape index (κ3) is 14.8. The Hall–Kier alpha value is -4.27. The van der Waals surface area contributed by atoms with Crippen molar-refractivity contribution in [1.82, 2.24) is 19.9 Å². The van der Waals surface area contributed by atoms with Crippen molar-refractivity contribution in [3.8, 4) is 0 Å². The molecule has 252 valence electrons. The Bertz CT molecular complexity index is 1160. The summed E-state index contributed by atoms with van der Waals surface area (Å²) in [5, 5.41) is 21.4. The van der Waals surface area contributed by atoms with E-state index in [1.807, 2.05) is 30.7 Å². The minimum Gasteiger partial charge on any atom is -0.475 e. The fraction of sp³-hybridized carbons (Fsp3) is 0.500. The maximum atomic E-state index is 10.6. The highest BCUT2D eigenvalue weighted by Gasteiger charge is 2.42. The molecule has 2 aromatic heterocycles. The van der Waals surface area contributed by atoms with Crippen molar-refractivity contribution in [2.45, 2.75) is 31.5 Å². The number of hydrogen-bond acceptors (Lipinski definition) is 9. The number of anilines is 1. The van der Waals surface area contributed by atoms with Gasteiger partial charge in [0.2, 0.25) is 5.95 Å². The SMILES string of the molecule is O=C(O)C(F)(F)F.O=C(O)C(F)(F)F.O=C(O)C(F)(F)F.c1ccc(CN2CCOCC3(CCN(c4ncccn4)C3)C2)nc1. The van der Waals surface area contributed by atoms with Crippen LogP contribution in [0.25, 0.3) is 0 Å². The van der Waals surface area contributed by atoms with Crippen LogP contribution in [0.3, 0.4) is 0 Å². The van der Waals surface area contributed by atoms with Crippen LogP contribution < -0.4 is 4.90 Å². The Kier molecular flexibility index (Phi) is 14.4. The van der Waals surface area contributed by atoms with E-state index in [2.05, 4.69) is 36.9 Å². The number of aliphatic carboxylic acids is 3. The molecule has 2 fully saturated rings. The Morgan fingerprint density at radius 2 is 1.24 bits per heavy atom. The van der Waals surface area contributed by atoms with Gasteiger partial charge in [-0.25, -0.2) is 24.4 Å². The Morgan fingerprint density at radius 1 is 0.756 bits per heavy atom. The second-order valence-electron chi connectivity index (χ2n) is 9.21. The van der Waals surface area contributed by atoms with E-state index in [4.69, 9.17) is 34.4 Å². The maximum absolute atomic E-state index is 10.6. The van der Waals surface area contributed by atoms with Crippen LogP contribution in [0, 0.1) is 5.41 Å². The van der Waals surface area contributed by atoms with Crippen LogP contribution in [0.15, 0.2) is 42.9 Å². The quantitative estimate of drug-likeness (QED) is 0.409. The van der Waals surface area contributed by atoms with E-state index in [1.165, 1.54) is 0 Å². The molecule has 0 amide bonds. The van der Waals surface area contributed by atoms with Gasteiger partial charge in [-0.1, -0.05) is 6.07 Å². The molecular formula is C24H26F9N5O7. The third-order valence-electron chi connectivity index (χ3n) is 5.63. The predicted molar refractivity (Wildman–Crippen MR) is 133 cm³/mol. The van der Waals surface area contributed by atoms with Crippen molar-refractivity contribution in [2.75, 3.05) is 44.3 Å². The van der Waals surface area contributed by atoms with Gasteiger partial charge in [0.1, 0.15) is 0 Å². The van der Waals surface area contributed by atoms with Crippen LogP contribution in [0.5, 0.6) is 0 Å². The number of pyridine rings is 1. The van der Waals surface area contributed by atoms with Crippen LogP contribution in [-0.4, -0.2) is 111 Å². The van der Waals surface area contributed by atoms with Crippen LogP contribution in [0.1, 0.15) is 12.1 Å². The lowest BCUT2D eigenvalue weighted by atomic mass is 9.87. The summed E-state index contributed by atoms with van der Waals surface area (Å²) in [5.74, 6) is -7.44. The normalized spacial score (nSPS) is 18.6.